The highest BCUT2D eigenvalue weighted by atomic mass is 35.5. The lowest BCUT2D eigenvalue weighted by molar-refractivity contribution is -0.126. The molecule has 0 aliphatic heterocycles. The Labute approximate surface area is 104 Å². The molecule has 94 valence electrons. The fourth-order valence-electron chi connectivity index (χ4n) is 2.23. The number of hydrogen-bond donors (Lipinski definition) is 1. The van der Waals surface area contributed by atoms with Crippen LogP contribution < -0.4 is 5.32 Å². The first-order valence-corrected chi connectivity index (χ1v) is 7.00. The number of alkyl halides is 1. The minimum absolute atomic E-state index is 0.258. The van der Waals surface area contributed by atoms with Gasteiger partial charge in [-0.1, -0.05) is 13.8 Å². The molecule has 1 rings (SSSR count). The van der Waals surface area contributed by atoms with Gasteiger partial charge in [0, 0.05) is 18.3 Å². The van der Waals surface area contributed by atoms with Gasteiger partial charge in [-0.25, -0.2) is 0 Å². The van der Waals surface area contributed by atoms with Gasteiger partial charge in [0.15, 0.2) is 0 Å². The standard InChI is InChI=1S/C13H24ClNO/c1-10-3-5-12(6-4-10)13(16)15-9-11(2)7-8-14/h10-12H,3-9H2,1-2H3,(H,15,16). The lowest BCUT2D eigenvalue weighted by atomic mass is 9.82. The zero-order chi connectivity index (χ0) is 12.0. The minimum atomic E-state index is 0.258. The molecule has 0 saturated heterocycles. The second-order valence-electron chi connectivity index (χ2n) is 5.28. The zero-order valence-electron chi connectivity index (χ0n) is 10.5. The van der Waals surface area contributed by atoms with Gasteiger partial charge in [0.25, 0.3) is 0 Å². The van der Waals surface area contributed by atoms with E-state index in [9.17, 15) is 4.79 Å². The third kappa shape index (κ3) is 4.73. The Morgan fingerprint density at radius 1 is 1.38 bits per heavy atom. The van der Waals surface area contributed by atoms with Crippen LogP contribution in [0.25, 0.3) is 0 Å². The van der Waals surface area contributed by atoms with Crippen LogP contribution in [0.5, 0.6) is 0 Å². The first kappa shape index (κ1) is 13.8. The van der Waals surface area contributed by atoms with E-state index in [1.807, 2.05) is 0 Å². The predicted molar refractivity (Wildman–Crippen MR) is 68.6 cm³/mol. The highest BCUT2D eigenvalue weighted by Crippen LogP contribution is 2.28. The Morgan fingerprint density at radius 3 is 2.56 bits per heavy atom. The average molecular weight is 246 g/mol. The second-order valence-corrected chi connectivity index (χ2v) is 5.66. The first-order chi connectivity index (χ1) is 7.63. The summed E-state index contributed by atoms with van der Waals surface area (Å²) in [6.07, 6.45) is 5.52. The van der Waals surface area contributed by atoms with Crippen molar-refractivity contribution >= 4 is 17.5 Å². The molecule has 2 nitrogen and oxygen atoms in total. The molecule has 1 aliphatic rings. The van der Waals surface area contributed by atoms with Crippen LogP contribution in [0.15, 0.2) is 0 Å². The highest BCUT2D eigenvalue weighted by molar-refractivity contribution is 6.17. The van der Waals surface area contributed by atoms with E-state index in [0.717, 1.165) is 31.7 Å². The van der Waals surface area contributed by atoms with Crippen LogP contribution in [0, 0.1) is 17.8 Å². The summed E-state index contributed by atoms with van der Waals surface area (Å²) in [6.45, 7) is 5.18. The van der Waals surface area contributed by atoms with Gasteiger partial charge in [-0.15, -0.1) is 11.6 Å². The van der Waals surface area contributed by atoms with E-state index in [-0.39, 0.29) is 11.8 Å². The van der Waals surface area contributed by atoms with E-state index in [4.69, 9.17) is 11.6 Å². The lowest BCUT2D eigenvalue weighted by Crippen LogP contribution is -2.35. The molecule has 0 radical (unpaired) electrons. The van der Waals surface area contributed by atoms with Gasteiger partial charge >= 0.3 is 0 Å². The third-order valence-corrected chi connectivity index (χ3v) is 3.83. The predicted octanol–water partition coefficient (Wildman–Crippen LogP) is 3.19. The summed E-state index contributed by atoms with van der Waals surface area (Å²) in [4.78, 5) is 11.9. The maximum absolute atomic E-state index is 11.9. The number of carbonyl (C=O) groups excluding carboxylic acids is 1. The monoisotopic (exact) mass is 245 g/mol. The summed E-state index contributed by atoms with van der Waals surface area (Å²) < 4.78 is 0. The van der Waals surface area contributed by atoms with Crippen molar-refractivity contribution in [3.05, 3.63) is 0 Å². The zero-order valence-corrected chi connectivity index (χ0v) is 11.2. The largest absolute Gasteiger partial charge is 0.356 e. The van der Waals surface area contributed by atoms with Gasteiger partial charge in [0.1, 0.15) is 0 Å². The highest BCUT2D eigenvalue weighted by Gasteiger charge is 2.24. The summed E-state index contributed by atoms with van der Waals surface area (Å²) >= 11 is 5.66. The summed E-state index contributed by atoms with van der Waals surface area (Å²) in [5, 5.41) is 3.05. The molecule has 0 spiro atoms. The summed E-state index contributed by atoms with van der Waals surface area (Å²) in [7, 11) is 0. The van der Waals surface area contributed by atoms with Crippen molar-refractivity contribution in [2.45, 2.75) is 46.0 Å². The molecule has 1 atom stereocenters. The van der Waals surface area contributed by atoms with E-state index in [1.54, 1.807) is 0 Å². The van der Waals surface area contributed by atoms with Gasteiger partial charge in [0.05, 0.1) is 0 Å². The number of nitrogens with one attached hydrogen (secondary N) is 1. The molecule has 1 fully saturated rings. The third-order valence-electron chi connectivity index (χ3n) is 3.61. The van der Waals surface area contributed by atoms with Crippen molar-refractivity contribution in [2.75, 3.05) is 12.4 Å². The molecule has 0 heterocycles. The average Bonchev–Trinajstić information content (AvgIpc) is 2.27. The molecule has 1 amide bonds. The van der Waals surface area contributed by atoms with Gasteiger partial charge in [-0.3, -0.25) is 4.79 Å². The molecule has 1 saturated carbocycles. The second kappa shape index (κ2) is 7.16. The Hall–Kier alpha value is -0.240. The van der Waals surface area contributed by atoms with E-state index >= 15 is 0 Å². The number of amides is 1. The van der Waals surface area contributed by atoms with Gasteiger partial charge in [-0.05, 0) is 43.9 Å². The summed E-state index contributed by atoms with van der Waals surface area (Å²) in [6, 6.07) is 0. The molecule has 0 aromatic heterocycles. The van der Waals surface area contributed by atoms with Crippen LogP contribution in [0.1, 0.15) is 46.0 Å². The van der Waals surface area contributed by atoms with Crippen molar-refractivity contribution in [2.24, 2.45) is 17.8 Å². The van der Waals surface area contributed by atoms with E-state index in [0.29, 0.717) is 11.8 Å². The smallest absolute Gasteiger partial charge is 0.223 e. The Kier molecular flexibility index (Phi) is 6.18. The van der Waals surface area contributed by atoms with Gasteiger partial charge in [-0.2, -0.15) is 0 Å². The molecular weight excluding hydrogens is 222 g/mol. The van der Waals surface area contributed by atoms with Gasteiger partial charge in [0.2, 0.25) is 5.91 Å². The fourth-order valence-corrected chi connectivity index (χ4v) is 2.60. The van der Waals surface area contributed by atoms with Crippen LogP contribution in [0.2, 0.25) is 0 Å². The Morgan fingerprint density at radius 2 is 2.00 bits per heavy atom. The van der Waals surface area contributed by atoms with Gasteiger partial charge < -0.3 is 5.32 Å². The molecule has 1 aliphatic carbocycles. The molecule has 3 heteroatoms. The maximum Gasteiger partial charge on any atom is 0.223 e. The van der Waals surface area contributed by atoms with Crippen LogP contribution in [-0.4, -0.2) is 18.3 Å². The summed E-state index contributed by atoms with van der Waals surface area (Å²) in [5.41, 5.74) is 0. The fraction of sp³-hybridized carbons (Fsp3) is 0.923. The summed E-state index contributed by atoms with van der Waals surface area (Å²) in [5.74, 6) is 2.49. The van der Waals surface area contributed by atoms with E-state index in [1.165, 1.54) is 12.8 Å². The van der Waals surface area contributed by atoms with E-state index in [2.05, 4.69) is 19.2 Å². The van der Waals surface area contributed by atoms with Crippen LogP contribution >= 0.6 is 11.6 Å². The molecular formula is C13H24ClNO. The molecule has 1 unspecified atom stereocenters. The molecule has 0 bridgehead atoms. The van der Waals surface area contributed by atoms with Crippen LogP contribution in [-0.2, 0) is 4.79 Å². The number of rotatable bonds is 5. The quantitative estimate of drug-likeness (QED) is 0.741. The molecule has 0 aromatic carbocycles. The first-order valence-electron chi connectivity index (χ1n) is 6.47. The SMILES string of the molecule is CC1CCC(C(=O)NCC(C)CCCl)CC1. The van der Waals surface area contributed by atoms with E-state index < -0.39 is 0 Å². The minimum Gasteiger partial charge on any atom is -0.356 e. The normalized spacial score (nSPS) is 27.4. The Balaban J connectivity index is 2.19. The maximum atomic E-state index is 11.9. The number of halogens is 1. The molecule has 16 heavy (non-hydrogen) atoms. The molecule has 0 aromatic rings. The van der Waals surface area contributed by atoms with Crippen LogP contribution in [0.3, 0.4) is 0 Å². The van der Waals surface area contributed by atoms with Crippen molar-refractivity contribution in [3.8, 4) is 0 Å². The van der Waals surface area contributed by atoms with Crippen molar-refractivity contribution in [1.82, 2.24) is 5.32 Å². The number of carbonyl (C=O) groups is 1. The van der Waals surface area contributed by atoms with Crippen molar-refractivity contribution < 1.29 is 4.79 Å². The molecule has 1 N–H and O–H groups in total. The lowest BCUT2D eigenvalue weighted by Gasteiger charge is -2.25. The Bertz CT molecular complexity index is 212. The number of hydrogen-bond acceptors (Lipinski definition) is 1. The van der Waals surface area contributed by atoms with Crippen molar-refractivity contribution in [3.63, 3.8) is 0 Å². The van der Waals surface area contributed by atoms with Crippen LogP contribution in [0.4, 0.5) is 0 Å². The topological polar surface area (TPSA) is 29.1 Å². The van der Waals surface area contributed by atoms with Crippen molar-refractivity contribution in [1.29, 1.82) is 0 Å².